The Balaban J connectivity index is 2.04. The van der Waals surface area contributed by atoms with Gasteiger partial charge in [-0.1, -0.05) is 23.7 Å². The fourth-order valence-electron chi connectivity index (χ4n) is 2.08. The number of rotatable bonds is 2. The summed E-state index contributed by atoms with van der Waals surface area (Å²) >= 11 is 6.13. The first-order chi connectivity index (χ1) is 8.24. The Hall–Kier alpha value is -1.74. The smallest absolute Gasteiger partial charge is 0.0946 e. The van der Waals surface area contributed by atoms with E-state index >= 15 is 0 Å². The summed E-state index contributed by atoms with van der Waals surface area (Å²) in [5, 5.41) is 1.93. The maximum absolute atomic E-state index is 6.13. The van der Waals surface area contributed by atoms with Gasteiger partial charge in [0.1, 0.15) is 0 Å². The van der Waals surface area contributed by atoms with Crippen LogP contribution in [0.3, 0.4) is 0 Å². The molecule has 0 amide bonds. The van der Waals surface area contributed by atoms with Gasteiger partial charge in [-0.05, 0) is 11.6 Å². The van der Waals surface area contributed by atoms with Crippen LogP contribution in [-0.2, 0) is 13.5 Å². The Bertz CT molecular complexity index is 666. The third kappa shape index (κ3) is 1.83. The zero-order chi connectivity index (χ0) is 11.8. The summed E-state index contributed by atoms with van der Waals surface area (Å²) in [7, 11) is 1.97. The van der Waals surface area contributed by atoms with Crippen molar-refractivity contribution in [1.29, 1.82) is 0 Å². The number of H-pyrrole nitrogens is 1. The van der Waals surface area contributed by atoms with Gasteiger partial charge in [-0.15, -0.1) is 0 Å². The summed E-state index contributed by atoms with van der Waals surface area (Å²) in [6, 6.07) is 5.95. The normalized spacial score (nSPS) is 11.2. The first-order valence-electron chi connectivity index (χ1n) is 5.45. The lowest BCUT2D eigenvalue weighted by molar-refractivity contribution is 0.912. The first kappa shape index (κ1) is 10.4. The molecule has 0 fully saturated rings. The molecule has 2 heterocycles. The molecule has 2 aromatic heterocycles. The summed E-state index contributed by atoms with van der Waals surface area (Å²) in [6.07, 6.45) is 6.67. The lowest BCUT2D eigenvalue weighted by atomic mass is 10.1. The molecule has 0 aliphatic rings. The highest BCUT2D eigenvalue weighted by Gasteiger charge is 2.07. The molecule has 0 atom stereocenters. The maximum Gasteiger partial charge on any atom is 0.0946 e. The van der Waals surface area contributed by atoms with Gasteiger partial charge in [-0.2, -0.15) is 0 Å². The van der Waals surface area contributed by atoms with Gasteiger partial charge in [0.15, 0.2) is 0 Å². The molecule has 0 aliphatic carbocycles. The molecular formula is C13H12ClN3. The van der Waals surface area contributed by atoms with E-state index in [0.717, 1.165) is 22.7 Å². The zero-order valence-electron chi connectivity index (χ0n) is 9.44. The van der Waals surface area contributed by atoms with Crippen LogP contribution in [0.1, 0.15) is 11.3 Å². The number of nitrogens with zero attached hydrogens (tertiary/aromatic N) is 2. The number of halogens is 1. The van der Waals surface area contributed by atoms with Crippen LogP contribution in [-0.4, -0.2) is 14.5 Å². The van der Waals surface area contributed by atoms with E-state index in [1.807, 2.05) is 42.5 Å². The third-order valence-electron chi connectivity index (χ3n) is 2.88. The summed E-state index contributed by atoms with van der Waals surface area (Å²) in [4.78, 5) is 7.55. The van der Waals surface area contributed by atoms with Crippen LogP contribution in [0.4, 0.5) is 0 Å². The van der Waals surface area contributed by atoms with Gasteiger partial charge in [0.2, 0.25) is 0 Å². The first-order valence-corrected chi connectivity index (χ1v) is 5.83. The number of hydrogen-bond donors (Lipinski definition) is 1. The molecule has 0 aliphatic heterocycles. The van der Waals surface area contributed by atoms with Gasteiger partial charge in [-0.25, -0.2) is 4.98 Å². The minimum absolute atomic E-state index is 0.759. The summed E-state index contributed by atoms with van der Waals surface area (Å²) in [5.74, 6) is 0. The van der Waals surface area contributed by atoms with Crippen molar-refractivity contribution in [3.63, 3.8) is 0 Å². The molecule has 1 N–H and O–H groups in total. The Kier molecular flexibility index (Phi) is 2.41. The highest BCUT2D eigenvalue weighted by atomic mass is 35.5. The van der Waals surface area contributed by atoms with Crippen molar-refractivity contribution >= 4 is 22.5 Å². The van der Waals surface area contributed by atoms with Crippen LogP contribution in [0.25, 0.3) is 10.9 Å². The Labute approximate surface area is 104 Å². The van der Waals surface area contributed by atoms with Crippen molar-refractivity contribution in [2.24, 2.45) is 7.05 Å². The van der Waals surface area contributed by atoms with Gasteiger partial charge in [0, 0.05) is 31.2 Å². The molecule has 17 heavy (non-hydrogen) atoms. The van der Waals surface area contributed by atoms with Crippen molar-refractivity contribution < 1.29 is 0 Å². The molecule has 3 rings (SSSR count). The zero-order valence-corrected chi connectivity index (χ0v) is 10.2. The van der Waals surface area contributed by atoms with Gasteiger partial charge in [0.05, 0.1) is 22.6 Å². The van der Waals surface area contributed by atoms with E-state index in [9.17, 15) is 0 Å². The quantitative estimate of drug-likeness (QED) is 0.739. The number of para-hydroxylation sites is 1. The number of aromatic nitrogens is 3. The number of aromatic amines is 1. The number of benzene rings is 1. The largest absolute Gasteiger partial charge is 0.360 e. The molecular weight excluding hydrogens is 234 g/mol. The van der Waals surface area contributed by atoms with Crippen molar-refractivity contribution in [3.05, 3.63) is 53.2 Å². The Morgan fingerprint density at radius 2 is 2.29 bits per heavy atom. The number of aryl methyl sites for hydroxylation is 1. The monoisotopic (exact) mass is 245 g/mol. The van der Waals surface area contributed by atoms with Gasteiger partial charge < -0.3 is 9.55 Å². The molecule has 0 saturated heterocycles. The fraction of sp³-hybridized carbons (Fsp3) is 0.154. The van der Waals surface area contributed by atoms with Crippen LogP contribution in [0, 0.1) is 0 Å². The number of hydrogen-bond acceptors (Lipinski definition) is 1. The third-order valence-corrected chi connectivity index (χ3v) is 3.20. The average Bonchev–Trinajstić information content (AvgIpc) is 2.88. The number of fused-ring (bicyclic) bond motifs is 1. The molecule has 0 saturated carbocycles. The molecule has 4 heteroatoms. The molecule has 3 aromatic rings. The Morgan fingerprint density at radius 3 is 3.06 bits per heavy atom. The lowest BCUT2D eigenvalue weighted by Crippen LogP contribution is -1.86. The van der Waals surface area contributed by atoms with E-state index < -0.39 is 0 Å². The Morgan fingerprint density at radius 1 is 1.41 bits per heavy atom. The molecule has 86 valence electrons. The molecule has 0 bridgehead atoms. The molecule has 1 aromatic carbocycles. The minimum Gasteiger partial charge on any atom is -0.360 e. The number of imidazole rings is 1. The maximum atomic E-state index is 6.13. The molecule has 0 radical (unpaired) electrons. The highest BCUT2D eigenvalue weighted by Crippen LogP contribution is 2.26. The van der Waals surface area contributed by atoms with Gasteiger partial charge >= 0.3 is 0 Å². The van der Waals surface area contributed by atoms with Crippen LogP contribution in [0.5, 0.6) is 0 Å². The summed E-state index contributed by atoms with van der Waals surface area (Å²) < 4.78 is 1.96. The predicted molar refractivity (Wildman–Crippen MR) is 69.3 cm³/mol. The van der Waals surface area contributed by atoms with Gasteiger partial charge in [0.25, 0.3) is 0 Å². The molecule has 0 spiro atoms. The lowest BCUT2D eigenvalue weighted by Gasteiger charge is -1.97. The van der Waals surface area contributed by atoms with E-state index in [1.54, 1.807) is 0 Å². The predicted octanol–water partition coefficient (Wildman–Crippen LogP) is 3.15. The van der Waals surface area contributed by atoms with E-state index in [-0.39, 0.29) is 0 Å². The molecule has 0 unspecified atom stereocenters. The molecule has 3 nitrogen and oxygen atoms in total. The SMILES string of the molecule is Cn1cnc(Cc2c[nH]c3c(Cl)cccc23)c1. The second-order valence-corrected chi connectivity index (χ2v) is 4.59. The number of nitrogens with one attached hydrogen (secondary N) is 1. The van der Waals surface area contributed by atoms with E-state index in [1.165, 1.54) is 10.9 Å². The van der Waals surface area contributed by atoms with Crippen LogP contribution in [0.2, 0.25) is 5.02 Å². The minimum atomic E-state index is 0.759. The van der Waals surface area contributed by atoms with Crippen LogP contribution >= 0.6 is 11.6 Å². The van der Waals surface area contributed by atoms with Crippen LogP contribution in [0.15, 0.2) is 36.9 Å². The summed E-state index contributed by atoms with van der Waals surface area (Å²) in [6.45, 7) is 0. The van der Waals surface area contributed by atoms with E-state index in [4.69, 9.17) is 11.6 Å². The van der Waals surface area contributed by atoms with Crippen LogP contribution < -0.4 is 0 Å². The van der Waals surface area contributed by atoms with Gasteiger partial charge in [-0.3, -0.25) is 0 Å². The van der Waals surface area contributed by atoms with Crippen molar-refractivity contribution in [1.82, 2.24) is 14.5 Å². The standard InChI is InChI=1S/C13H12ClN3/c1-17-7-10(16-8-17)5-9-6-15-13-11(9)3-2-4-12(13)14/h2-4,6-8,15H,5H2,1H3. The van der Waals surface area contributed by atoms with Crippen molar-refractivity contribution in [2.75, 3.05) is 0 Å². The van der Waals surface area contributed by atoms with Crippen molar-refractivity contribution in [2.45, 2.75) is 6.42 Å². The van der Waals surface area contributed by atoms with Crippen molar-refractivity contribution in [3.8, 4) is 0 Å². The van der Waals surface area contributed by atoms with E-state index in [2.05, 4.69) is 16.0 Å². The fourth-order valence-corrected chi connectivity index (χ4v) is 2.30. The highest BCUT2D eigenvalue weighted by molar-refractivity contribution is 6.35. The second-order valence-electron chi connectivity index (χ2n) is 4.18. The summed E-state index contributed by atoms with van der Waals surface area (Å²) in [5.41, 5.74) is 3.29. The second kappa shape index (κ2) is 3.93. The van der Waals surface area contributed by atoms with E-state index in [0.29, 0.717) is 0 Å². The topological polar surface area (TPSA) is 33.6 Å². The average molecular weight is 246 g/mol.